The van der Waals surface area contributed by atoms with Gasteiger partial charge >= 0.3 is 0 Å². The molecule has 0 unspecified atom stereocenters. The molecule has 1 amide bonds. The van der Waals surface area contributed by atoms with Gasteiger partial charge in [0.05, 0.1) is 16.0 Å². The minimum absolute atomic E-state index is 0.0757. The second kappa shape index (κ2) is 6.30. The molecular formula is C18H12F2N4OS. The Morgan fingerprint density at radius 2 is 1.88 bits per heavy atom. The highest BCUT2D eigenvalue weighted by Gasteiger charge is 2.18. The van der Waals surface area contributed by atoms with Crippen LogP contribution in [0.3, 0.4) is 0 Å². The summed E-state index contributed by atoms with van der Waals surface area (Å²) in [6.07, 6.45) is 0. The first-order valence-corrected chi connectivity index (χ1v) is 8.52. The van der Waals surface area contributed by atoms with Crippen molar-refractivity contribution in [2.45, 2.75) is 6.92 Å². The molecule has 0 aliphatic heterocycles. The second-order valence-corrected chi connectivity index (χ2v) is 6.61. The maximum Gasteiger partial charge on any atom is 0.259 e. The van der Waals surface area contributed by atoms with E-state index >= 15 is 0 Å². The number of halogens is 2. The first-order chi connectivity index (χ1) is 12.5. The smallest absolute Gasteiger partial charge is 0.259 e. The summed E-state index contributed by atoms with van der Waals surface area (Å²) in [6, 6.07) is 12.0. The summed E-state index contributed by atoms with van der Waals surface area (Å²) in [6.45, 7) is 1.75. The number of anilines is 1. The lowest BCUT2D eigenvalue weighted by Crippen LogP contribution is -2.16. The van der Waals surface area contributed by atoms with Crippen molar-refractivity contribution in [3.63, 3.8) is 0 Å². The summed E-state index contributed by atoms with van der Waals surface area (Å²) in [5.74, 6) is -1.31. The summed E-state index contributed by atoms with van der Waals surface area (Å²) >= 11 is 1.24. The number of rotatable bonds is 3. The highest BCUT2D eigenvalue weighted by atomic mass is 32.1. The number of carbonyl (C=O) groups is 1. The Kier molecular flexibility index (Phi) is 3.96. The number of nitrogens with zero attached hydrogens (tertiary/aromatic N) is 3. The van der Waals surface area contributed by atoms with E-state index in [1.807, 2.05) is 0 Å². The molecule has 2 aromatic heterocycles. The zero-order chi connectivity index (χ0) is 18.3. The van der Waals surface area contributed by atoms with Crippen LogP contribution < -0.4 is 5.32 Å². The van der Waals surface area contributed by atoms with Gasteiger partial charge in [0.15, 0.2) is 0 Å². The highest BCUT2D eigenvalue weighted by Crippen LogP contribution is 2.28. The number of thiazole rings is 1. The minimum atomic E-state index is -0.616. The van der Waals surface area contributed by atoms with Crippen molar-refractivity contribution < 1.29 is 13.6 Å². The van der Waals surface area contributed by atoms with E-state index in [2.05, 4.69) is 15.4 Å². The van der Waals surface area contributed by atoms with Gasteiger partial charge in [0, 0.05) is 6.07 Å². The van der Waals surface area contributed by atoms with Crippen molar-refractivity contribution in [1.29, 1.82) is 0 Å². The third-order valence-electron chi connectivity index (χ3n) is 3.73. The summed E-state index contributed by atoms with van der Waals surface area (Å²) in [7, 11) is 0. The van der Waals surface area contributed by atoms with Gasteiger partial charge < -0.3 is 5.32 Å². The van der Waals surface area contributed by atoms with E-state index in [1.54, 1.807) is 31.2 Å². The Balaban J connectivity index is 1.74. The molecule has 0 saturated carbocycles. The highest BCUT2D eigenvalue weighted by molar-refractivity contribution is 7.20. The van der Waals surface area contributed by atoms with Gasteiger partial charge in [0.2, 0.25) is 5.13 Å². The van der Waals surface area contributed by atoms with E-state index in [4.69, 9.17) is 0 Å². The molecule has 0 aliphatic rings. The van der Waals surface area contributed by atoms with E-state index < -0.39 is 17.5 Å². The predicted molar refractivity (Wildman–Crippen MR) is 95.8 cm³/mol. The van der Waals surface area contributed by atoms with Crippen molar-refractivity contribution in [2.24, 2.45) is 0 Å². The van der Waals surface area contributed by atoms with E-state index in [1.165, 1.54) is 40.3 Å². The van der Waals surface area contributed by atoms with Gasteiger partial charge in [-0.3, -0.25) is 4.79 Å². The standard InChI is InChI=1S/C18H12F2N4OS/c1-10-9-15(21-17(25)11-5-2-3-6-12(11)19)24(23-10)18-22-16-13(20)7-4-8-14(16)26-18/h2-9H,1H3,(H,21,25). The van der Waals surface area contributed by atoms with Crippen LogP contribution in [-0.2, 0) is 0 Å². The van der Waals surface area contributed by atoms with Crippen LogP contribution in [0.4, 0.5) is 14.6 Å². The van der Waals surface area contributed by atoms with Gasteiger partial charge in [0.1, 0.15) is 23.0 Å². The average molecular weight is 370 g/mol. The van der Waals surface area contributed by atoms with Crippen molar-refractivity contribution in [3.8, 4) is 5.13 Å². The lowest BCUT2D eigenvalue weighted by Gasteiger charge is -2.07. The number of aryl methyl sites for hydroxylation is 1. The Labute approximate surface area is 150 Å². The molecule has 5 nitrogen and oxygen atoms in total. The fourth-order valence-electron chi connectivity index (χ4n) is 2.56. The fraction of sp³-hybridized carbons (Fsp3) is 0.0556. The summed E-state index contributed by atoms with van der Waals surface area (Å²) < 4.78 is 29.8. The topological polar surface area (TPSA) is 59.8 Å². The number of hydrogen-bond donors (Lipinski definition) is 1. The molecule has 0 fully saturated rings. The van der Waals surface area contributed by atoms with E-state index in [9.17, 15) is 13.6 Å². The van der Waals surface area contributed by atoms with Crippen LogP contribution in [0.25, 0.3) is 15.3 Å². The molecule has 2 heterocycles. The molecule has 4 rings (SSSR count). The van der Waals surface area contributed by atoms with Crippen LogP contribution in [0.15, 0.2) is 48.5 Å². The third kappa shape index (κ3) is 2.84. The van der Waals surface area contributed by atoms with Crippen molar-refractivity contribution in [3.05, 3.63) is 71.4 Å². The maximum absolute atomic E-state index is 13.9. The molecule has 0 radical (unpaired) electrons. The van der Waals surface area contributed by atoms with Gasteiger partial charge in [-0.25, -0.2) is 13.8 Å². The molecule has 130 valence electrons. The number of carbonyl (C=O) groups excluding carboxylic acids is 1. The minimum Gasteiger partial charge on any atom is -0.306 e. The summed E-state index contributed by atoms with van der Waals surface area (Å²) in [5, 5.41) is 7.35. The maximum atomic E-state index is 13.9. The molecule has 0 spiro atoms. The largest absolute Gasteiger partial charge is 0.306 e. The van der Waals surface area contributed by atoms with Gasteiger partial charge in [-0.2, -0.15) is 9.78 Å². The Morgan fingerprint density at radius 3 is 2.65 bits per heavy atom. The molecule has 8 heteroatoms. The normalized spacial score (nSPS) is 11.0. The van der Waals surface area contributed by atoms with Crippen LogP contribution in [0.2, 0.25) is 0 Å². The molecule has 1 N–H and O–H groups in total. The average Bonchev–Trinajstić information content (AvgIpc) is 3.19. The van der Waals surface area contributed by atoms with Gasteiger partial charge in [-0.1, -0.05) is 29.5 Å². The van der Waals surface area contributed by atoms with Gasteiger partial charge in [-0.15, -0.1) is 0 Å². The molecular weight excluding hydrogens is 358 g/mol. The Morgan fingerprint density at radius 1 is 1.12 bits per heavy atom. The number of aromatic nitrogens is 3. The number of hydrogen-bond acceptors (Lipinski definition) is 4. The number of fused-ring (bicyclic) bond motifs is 1. The first kappa shape index (κ1) is 16.3. The Bertz CT molecular complexity index is 1140. The van der Waals surface area contributed by atoms with Crippen LogP contribution in [-0.4, -0.2) is 20.7 Å². The van der Waals surface area contributed by atoms with E-state index in [-0.39, 0.29) is 11.1 Å². The molecule has 0 aliphatic carbocycles. The van der Waals surface area contributed by atoms with Gasteiger partial charge in [0.25, 0.3) is 5.91 Å². The number of benzene rings is 2. The zero-order valence-corrected chi connectivity index (χ0v) is 14.3. The molecule has 4 aromatic rings. The van der Waals surface area contributed by atoms with E-state index in [0.717, 1.165) is 0 Å². The van der Waals surface area contributed by atoms with E-state index in [0.29, 0.717) is 21.3 Å². The Hall–Kier alpha value is -3.13. The molecule has 0 saturated heterocycles. The third-order valence-corrected chi connectivity index (χ3v) is 4.73. The van der Waals surface area contributed by atoms with Crippen LogP contribution in [0, 0.1) is 18.6 Å². The fourth-order valence-corrected chi connectivity index (χ4v) is 3.50. The zero-order valence-electron chi connectivity index (χ0n) is 13.5. The molecule has 2 aromatic carbocycles. The SMILES string of the molecule is Cc1cc(NC(=O)c2ccccc2F)n(-c2nc3c(F)cccc3s2)n1. The number of nitrogens with one attached hydrogen (secondary N) is 1. The predicted octanol–water partition coefficient (Wildman–Crippen LogP) is 4.32. The number of para-hydroxylation sites is 1. The summed E-state index contributed by atoms with van der Waals surface area (Å²) in [5.41, 5.74) is 0.800. The molecule has 0 bridgehead atoms. The van der Waals surface area contributed by atoms with Crippen molar-refractivity contribution in [2.75, 3.05) is 5.32 Å². The van der Waals surface area contributed by atoms with Crippen molar-refractivity contribution in [1.82, 2.24) is 14.8 Å². The lowest BCUT2D eigenvalue weighted by atomic mass is 10.2. The summed E-state index contributed by atoms with van der Waals surface area (Å²) in [4.78, 5) is 16.7. The van der Waals surface area contributed by atoms with Crippen molar-refractivity contribution >= 4 is 33.3 Å². The van der Waals surface area contributed by atoms with Crippen LogP contribution >= 0.6 is 11.3 Å². The first-order valence-electron chi connectivity index (χ1n) is 7.71. The molecule has 0 atom stereocenters. The van der Waals surface area contributed by atoms with Gasteiger partial charge in [-0.05, 0) is 31.2 Å². The lowest BCUT2D eigenvalue weighted by molar-refractivity contribution is 0.102. The number of amides is 1. The van der Waals surface area contributed by atoms with Crippen LogP contribution in [0.1, 0.15) is 16.1 Å². The van der Waals surface area contributed by atoms with Crippen LogP contribution in [0.5, 0.6) is 0 Å². The monoisotopic (exact) mass is 370 g/mol. The quantitative estimate of drug-likeness (QED) is 0.584. The molecule has 26 heavy (non-hydrogen) atoms. The second-order valence-electron chi connectivity index (χ2n) is 5.60.